The zero-order chi connectivity index (χ0) is 15.9. The maximum absolute atomic E-state index is 12.0. The molecule has 0 aliphatic carbocycles. The summed E-state index contributed by atoms with van der Waals surface area (Å²) in [6.07, 6.45) is -3.13. The van der Waals surface area contributed by atoms with Gasteiger partial charge in [0.25, 0.3) is 0 Å². The maximum Gasteiger partial charge on any atom is 0.411 e. The Kier molecular flexibility index (Phi) is 8.02. The molecule has 0 spiro atoms. The van der Waals surface area contributed by atoms with E-state index >= 15 is 0 Å². The van der Waals surface area contributed by atoms with Crippen molar-refractivity contribution in [3.8, 4) is 0 Å². The molecule has 0 bridgehead atoms. The Bertz CT molecular complexity index is 443. The fourth-order valence-electron chi connectivity index (χ4n) is 1.93. The van der Waals surface area contributed by atoms with Gasteiger partial charge >= 0.3 is 6.18 Å². The van der Waals surface area contributed by atoms with Gasteiger partial charge in [0.05, 0.1) is 0 Å². The molecule has 0 heterocycles. The first-order valence-corrected chi connectivity index (χ1v) is 7.80. The van der Waals surface area contributed by atoms with E-state index in [9.17, 15) is 13.2 Å². The highest BCUT2D eigenvalue weighted by Crippen LogP contribution is 2.23. The SMILES string of the molecule is CCNC(CCOCC(F)(F)F)Cc1ccc(Br)cc1Cl. The first-order valence-electron chi connectivity index (χ1n) is 6.63. The Hall–Kier alpha value is -0.300. The topological polar surface area (TPSA) is 21.3 Å². The van der Waals surface area contributed by atoms with Crippen molar-refractivity contribution in [2.45, 2.75) is 32.0 Å². The van der Waals surface area contributed by atoms with Gasteiger partial charge in [0.15, 0.2) is 0 Å². The average molecular weight is 389 g/mol. The van der Waals surface area contributed by atoms with Gasteiger partial charge in [-0.2, -0.15) is 13.2 Å². The molecular formula is C14H18BrClF3NO. The maximum atomic E-state index is 12.0. The van der Waals surface area contributed by atoms with Crippen LogP contribution < -0.4 is 5.32 Å². The molecule has 1 N–H and O–H groups in total. The summed E-state index contributed by atoms with van der Waals surface area (Å²) in [7, 11) is 0. The van der Waals surface area contributed by atoms with E-state index in [4.69, 9.17) is 11.6 Å². The average Bonchev–Trinajstić information content (AvgIpc) is 2.36. The Morgan fingerprint density at radius 2 is 2.10 bits per heavy atom. The van der Waals surface area contributed by atoms with E-state index in [0.717, 1.165) is 16.6 Å². The highest BCUT2D eigenvalue weighted by atomic mass is 79.9. The van der Waals surface area contributed by atoms with Crippen LogP contribution in [0.25, 0.3) is 0 Å². The van der Waals surface area contributed by atoms with Crippen molar-refractivity contribution in [3.05, 3.63) is 33.3 Å². The van der Waals surface area contributed by atoms with Crippen molar-refractivity contribution in [2.24, 2.45) is 0 Å². The summed E-state index contributed by atoms with van der Waals surface area (Å²) < 4.78 is 41.6. The second-order valence-corrected chi connectivity index (χ2v) is 5.97. The molecule has 0 amide bonds. The summed E-state index contributed by atoms with van der Waals surface area (Å²) in [4.78, 5) is 0. The Balaban J connectivity index is 2.49. The van der Waals surface area contributed by atoms with Crippen LogP contribution in [0.4, 0.5) is 13.2 Å². The van der Waals surface area contributed by atoms with Crippen LogP contribution in [0, 0.1) is 0 Å². The van der Waals surface area contributed by atoms with E-state index in [2.05, 4.69) is 26.0 Å². The van der Waals surface area contributed by atoms with E-state index in [1.54, 1.807) is 6.07 Å². The third kappa shape index (κ3) is 8.04. The van der Waals surface area contributed by atoms with Gasteiger partial charge in [-0.05, 0) is 37.1 Å². The number of halogens is 5. The predicted molar refractivity (Wildman–Crippen MR) is 81.8 cm³/mol. The first kappa shape index (κ1) is 18.7. The van der Waals surface area contributed by atoms with Gasteiger partial charge in [-0.3, -0.25) is 0 Å². The van der Waals surface area contributed by atoms with Gasteiger partial charge < -0.3 is 10.1 Å². The van der Waals surface area contributed by atoms with Gasteiger partial charge in [0.1, 0.15) is 6.61 Å². The van der Waals surface area contributed by atoms with Gasteiger partial charge in [-0.15, -0.1) is 0 Å². The van der Waals surface area contributed by atoms with Gasteiger partial charge in [0.2, 0.25) is 0 Å². The minimum absolute atomic E-state index is 0.0295. The van der Waals surface area contributed by atoms with Gasteiger partial charge in [0, 0.05) is 22.1 Å². The van der Waals surface area contributed by atoms with Crippen molar-refractivity contribution in [2.75, 3.05) is 19.8 Å². The van der Waals surface area contributed by atoms with Crippen LogP contribution in [0.5, 0.6) is 0 Å². The zero-order valence-corrected chi connectivity index (χ0v) is 14.0. The molecule has 1 unspecified atom stereocenters. The molecule has 21 heavy (non-hydrogen) atoms. The lowest BCUT2D eigenvalue weighted by molar-refractivity contribution is -0.174. The summed E-state index contributed by atoms with van der Waals surface area (Å²) in [5, 5.41) is 3.88. The molecule has 1 atom stereocenters. The van der Waals surface area contributed by atoms with E-state index in [1.807, 2.05) is 19.1 Å². The minimum Gasteiger partial charge on any atom is -0.372 e. The van der Waals surface area contributed by atoms with E-state index in [0.29, 0.717) is 17.9 Å². The molecule has 0 saturated carbocycles. The standard InChI is InChI=1S/C14H18BrClF3NO/c1-2-20-12(5-6-21-9-14(17,18)19)7-10-3-4-11(15)8-13(10)16/h3-4,8,12,20H,2,5-7,9H2,1H3. The molecule has 0 fully saturated rings. The second-order valence-electron chi connectivity index (χ2n) is 4.65. The van der Waals surface area contributed by atoms with Crippen molar-refractivity contribution >= 4 is 27.5 Å². The van der Waals surface area contributed by atoms with Crippen LogP contribution >= 0.6 is 27.5 Å². The monoisotopic (exact) mass is 387 g/mol. The van der Waals surface area contributed by atoms with Crippen LogP contribution in [-0.2, 0) is 11.2 Å². The molecule has 2 nitrogen and oxygen atoms in total. The Labute approximate surface area is 136 Å². The Morgan fingerprint density at radius 3 is 2.67 bits per heavy atom. The predicted octanol–water partition coefficient (Wildman–Crippen LogP) is 4.59. The quantitative estimate of drug-likeness (QED) is 0.658. The molecule has 0 aliphatic heterocycles. The molecule has 0 aliphatic rings. The lowest BCUT2D eigenvalue weighted by Crippen LogP contribution is -2.32. The number of rotatable bonds is 8. The molecular weight excluding hydrogens is 371 g/mol. The molecule has 1 aromatic carbocycles. The smallest absolute Gasteiger partial charge is 0.372 e. The summed E-state index contributed by atoms with van der Waals surface area (Å²) in [5.74, 6) is 0. The third-order valence-corrected chi connectivity index (χ3v) is 3.70. The van der Waals surface area contributed by atoms with Crippen molar-refractivity contribution in [1.29, 1.82) is 0 Å². The lowest BCUT2D eigenvalue weighted by atomic mass is 10.0. The fourth-order valence-corrected chi connectivity index (χ4v) is 2.68. The Morgan fingerprint density at radius 1 is 1.38 bits per heavy atom. The van der Waals surface area contributed by atoms with Crippen LogP contribution in [0.1, 0.15) is 18.9 Å². The highest BCUT2D eigenvalue weighted by Gasteiger charge is 2.27. The number of nitrogens with one attached hydrogen (secondary N) is 1. The molecule has 1 rings (SSSR count). The largest absolute Gasteiger partial charge is 0.411 e. The number of alkyl halides is 3. The number of hydrogen-bond acceptors (Lipinski definition) is 2. The van der Waals surface area contributed by atoms with Crippen LogP contribution in [0.2, 0.25) is 5.02 Å². The third-order valence-electron chi connectivity index (χ3n) is 2.85. The lowest BCUT2D eigenvalue weighted by Gasteiger charge is -2.19. The molecule has 0 radical (unpaired) electrons. The van der Waals surface area contributed by atoms with Crippen molar-refractivity contribution < 1.29 is 17.9 Å². The molecule has 0 aromatic heterocycles. The molecule has 0 saturated heterocycles. The number of hydrogen-bond donors (Lipinski definition) is 1. The van der Waals surface area contributed by atoms with Gasteiger partial charge in [-0.1, -0.05) is 40.5 Å². The first-order chi connectivity index (χ1) is 9.81. The van der Waals surface area contributed by atoms with Crippen molar-refractivity contribution in [1.82, 2.24) is 5.32 Å². The normalized spacial score (nSPS) is 13.4. The number of likely N-dealkylation sites (N-methyl/N-ethyl adjacent to an activating group) is 1. The summed E-state index contributed by atoms with van der Waals surface area (Å²) in [6, 6.07) is 5.64. The summed E-state index contributed by atoms with van der Waals surface area (Å²) >= 11 is 9.49. The summed E-state index contributed by atoms with van der Waals surface area (Å²) in [6.45, 7) is 1.54. The molecule has 1 aromatic rings. The van der Waals surface area contributed by atoms with Crippen molar-refractivity contribution in [3.63, 3.8) is 0 Å². The zero-order valence-electron chi connectivity index (χ0n) is 11.6. The van der Waals surface area contributed by atoms with Crippen LogP contribution in [0.3, 0.4) is 0 Å². The van der Waals surface area contributed by atoms with Crippen LogP contribution in [-0.4, -0.2) is 32.0 Å². The fraction of sp³-hybridized carbons (Fsp3) is 0.571. The second kappa shape index (κ2) is 8.98. The van der Waals surface area contributed by atoms with Crippen LogP contribution in [0.15, 0.2) is 22.7 Å². The minimum atomic E-state index is -4.28. The molecule has 120 valence electrons. The number of ether oxygens (including phenoxy) is 1. The van der Waals surface area contributed by atoms with E-state index < -0.39 is 12.8 Å². The highest BCUT2D eigenvalue weighted by molar-refractivity contribution is 9.10. The number of benzene rings is 1. The van der Waals surface area contributed by atoms with Gasteiger partial charge in [-0.25, -0.2) is 0 Å². The van der Waals surface area contributed by atoms with E-state index in [-0.39, 0.29) is 12.6 Å². The molecule has 7 heteroatoms. The summed E-state index contributed by atoms with van der Waals surface area (Å²) in [5.41, 5.74) is 0.960. The van der Waals surface area contributed by atoms with E-state index in [1.165, 1.54) is 0 Å².